The Morgan fingerprint density at radius 3 is 2.21 bits per heavy atom. The zero-order valence-electron chi connectivity index (χ0n) is 15.2. The van der Waals surface area contributed by atoms with Gasteiger partial charge in [0.15, 0.2) is 0 Å². The summed E-state index contributed by atoms with van der Waals surface area (Å²) in [6.07, 6.45) is -4.42. The Hall–Kier alpha value is -2.61. The number of rotatable bonds is 5. The van der Waals surface area contributed by atoms with Crippen LogP contribution in [0.1, 0.15) is 15.9 Å². The summed E-state index contributed by atoms with van der Waals surface area (Å²) >= 11 is 0. The van der Waals surface area contributed by atoms with Gasteiger partial charge in [-0.05, 0) is 36.4 Å². The minimum Gasteiger partial charge on any atom is -0.367 e. The van der Waals surface area contributed by atoms with Gasteiger partial charge in [0, 0.05) is 44.8 Å². The number of hydrogen-bond acceptors (Lipinski definition) is 3. The van der Waals surface area contributed by atoms with Crippen LogP contribution in [0.2, 0.25) is 0 Å². The molecular weight excluding hydrogens is 374 g/mol. The van der Waals surface area contributed by atoms with Gasteiger partial charge in [-0.15, -0.1) is 0 Å². The Morgan fingerprint density at radius 1 is 0.964 bits per heavy atom. The highest BCUT2D eigenvalue weighted by molar-refractivity contribution is 5.94. The van der Waals surface area contributed by atoms with Gasteiger partial charge < -0.3 is 10.2 Å². The second-order valence-corrected chi connectivity index (χ2v) is 6.61. The SMILES string of the molecule is O=C(NCCN1CCN(c2ccccc2F)CC1)c1ccc(C(F)(F)F)cc1. The highest BCUT2D eigenvalue weighted by Crippen LogP contribution is 2.29. The number of halogens is 4. The van der Waals surface area contributed by atoms with Gasteiger partial charge in [-0.2, -0.15) is 13.2 Å². The van der Waals surface area contributed by atoms with Gasteiger partial charge in [0.05, 0.1) is 11.3 Å². The molecule has 0 saturated carbocycles. The molecule has 0 atom stereocenters. The van der Waals surface area contributed by atoms with Crippen molar-refractivity contribution in [3.8, 4) is 0 Å². The predicted molar refractivity (Wildman–Crippen MR) is 98.8 cm³/mol. The molecule has 1 N–H and O–H groups in total. The van der Waals surface area contributed by atoms with Gasteiger partial charge in [0.25, 0.3) is 5.91 Å². The van der Waals surface area contributed by atoms with Crippen LogP contribution in [0, 0.1) is 5.82 Å². The molecule has 1 aliphatic heterocycles. The Bertz CT molecular complexity index is 800. The van der Waals surface area contributed by atoms with Crippen molar-refractivity contribution in [3.05, 3.63) is 65.5 Å². The topological polar surface area (TPSA) is 35.6 Å². The second-order valence-electron chi connectivity index (χ2n) is 6.61. The molecule has 0 aliphatic carbocycles. The Morgan fingerprint density at radius 2 is 1.61 bits per heavy atom. The summed E-state index contributed by atoms with van der Waals surface area (Å²) < 4.78 is 51.5. The molecule has 1 saturated heterocycles. The molecule has 28 heavy (non-hydrogen) atoms. The fourth-order valence-electron chi connectivity index (χ4n) is 3.16. The third kappa shape index (κ3) is 5.01. The molecule has 0 radical (unpaired) electrons. The highest BCUT2D eigenvalue weighted by Gasteiger charge is 2.30. The van der Waals surface area contributed by atoms with Crippen molar-refractivity contribution in [2.45, 2.75) is 6.18 Å². The van der Waals surface area contributed by atoms with Crippen LogP contribution in [0.5, 0.6) is 0 Å². The molecule has 0 unspecified atom stereocenters. The molecular formula is C20H21F4N3O. The molecule has 2 aromatic carbocycles. The van der Waals surface area contributed by atoms with E-state index in [-0.39, 0.29) is 11.4 Å². The lowest BCUT2D eigenvalue weighted by atomic mass is 10.1. The van der Waals surface area contributed by atoms with Crippen molar-refractivity contribution in [2.75, 3.05) is 44.2 Å². The molecule has 150 valence electrons. The normalized spacial score (nSPS) is 15.5. The van der Waals surface area contributed by atoms with Crippen molar-refractivity contribution in [3.63, 3.8) is 0 Å². The lowest BCUT2D eigenvalue weighted by Gasteiger charge is -2.36. The summed E-state index contributed by atoms with van der Waals surface area (Å²) in [5.74, 6) is -0.640. The third-order valence-corrected chi connectivity index (χ3v) is 4.75. The van der Waals surface area contributed by atoms with Crippen LogP contribution in [0.4, 0.5) is 23.2 Å². The first-order chi connectivity index (χ1) is 13.3. The van der Waals surface area contributed by atoms with Crippen molar-refractivity contribution in [1.82, 2.24) is 10.2 Å². The Labute approximate surface area is 160 Å². The van der Waals surface area contributed by atoms with E-state index >= 15 is 0 Å². The smallest absolute Gasteiger partial charge is 0.367 e. The maximum absolute atomic E-state index is 13.8. The van der Waals surface area contributed by atoms with Gasteiger partial charge in [-0.25, -0.2) is 4.39 Å². The van der Waals surface area contributed by atoms with E-state index in [1.165, 1.54) is 18.2 Å². The monoisotopic (exact) mass is 395 g/mol. The Kier molecular flexibility index (Phi) is 6.18. The number of para-hydroxylation sites is 1. The fraction of sp³-hybridized carbons (Fsp3) is 0.350. The number of nitrogens with zero attached hydrogens (tertiary/aromatic N) is 2. The summed E-state index contributed by atoms with van der Waals surface area (Å²) in [6.45, 7) is 3.87. The molecule has 1 aliphatic rings. The molecule has 1 amide bonds. The third-order valence-electron chi connectivity index (χ3n) is 4.75. The average molecular weight is 395 g/mol. The van der Waals surface area contributed by atoms with Crippen LogP contribution in [-0.2, 0) is 6.18 Å². The number of piperazine rings is 1. The van der Waals surface area contributed by atoms with E-state index < -0.39 is 17.6 Å². The second kappa shape index (κ2) is 8.60. The van der Waals surface area contributed by atoms with Crippen LogP contribution >= 0.6 is 0 Å². The van der Waals surface area contributed by atoms with Gasteiger partial charge in [-0.3, -0.25) is 9.69 Å². The summed E-state index contributed by atoms with van der Waals surface area (Å²) in [5, 5.41) is 2.72. The zero-order valence-corrected chi connectivity index (χ0v) is 15.2. The average Bonchev–Trinajstić information content (AvgIpc) is 2.68. The van der Waals surface area contributed by atoms with Crippen LogP contribution in [0.25, 0.3) is 0 Å². The first-order valence-electron chi connectivity index (χ1n) is 9.02. The van der Waals surface area contributed by atoms with Gasteiger partial charge >= 0.3 is 6.18 Å². The number of nitrogens with one attached hydrogen (secondary N) is 1. The quantitative estimate of drug-likeness (QED) is 0.789. The van der Waals surface area contributed by atoms with Crippen molar-refractivity contribution < 1.29 is 22.4 Å². The minimum absolute atomic E-state index is 0.192. The minimum atomic E-state index is -4.42. The van der Waals surface area contributed by atoms with Gasteiger partial charge in [0.1, 0.15) is 5.82 Å². The standard InChI is InChI=1S/C20H21F4N3O/c21-17-3-1-2-4-18(17)27-13-11-26(12-14-27)10-9-25-19(28)15-5-7-16(8-6-15)20(22,23)24/h1-8H,9-14H2,(H,25,28). The largest absolute Gasteiger partial charge is 0.416 e. The summed E-state index contributed by atoms with van der Waals surface area (Å²) in [5.41, 5.74) is 0.00639. The first kappa shape index (κ1) is 20.1. The number of anilines is 1. The number of carbonyl (C=O) groups excluding carboxylic acids is 1. The van der Waals surface area contributed by atoms with Crippen LogP contribution < -0.4 is 10.2 Å². The van der Waals surface area contributed by atoms with E-state index in [0.29, 0.717) is 31.9 Å². The maximum Gasteiger partial charge on any atom is 0.416 e. The molecule has 0 spiro atoms. The fourth-order valence-corrected chi connectivity index (χ4v) is 3.16. The van der Waals surface area contributed by atoms with E-state index in [1.54, 1.807) is 12.1 Å². The molecule has 0 aromatic heterocycles. The highest BCUT2D eigenvalue weighted by atomic mass is 19.4. The molecule has 2 aromatic rings. The van der Waals surface area contributed by atoms with Crippen molar-refractivity contribution >= 4 is 11.6 Å². The molecule has 3 rings (SSSR count). The van der Waals surface area contributed by atoms with E-state index in [9.17, 15) is 22.4 Å². The molecule has 8 heteroatoms. The first-order valence-corrected chi connectivity index (χ1v) is 9.02. The van der Waals surface area contributed by atoms with Gasteiger partial charge in [-0.1, -0.05) is 12.1 Å². The van der Waals surface area contributed by atoms with E-state index in [4.69, 9.17) is 0 Å². The molecule has 1 fully saturated rings. The van der Waals surface area contributed by atoms with Crippen molar-refractivity contribution in [1.29, 1.82) is 0 Å². The van der Waals surface area contributed by atoms with Gasteiger partial charge in [0.2, 0.25) is 0 Å². The summed E-state index contributed by atoms with van der Waals surface area (Å²) in [7, 11) is 0. The lowest BCUT2D eigenvalue weighted by Crippen LogP contribution is -2.48. The number of benzene rings is 2. The van der Waals surface area contributed by atoms with Crippen LogP contribution in [0.3, 0.4) is 0 Å². The predicted octanol–water partition coefficient (Wildman–Crippen LogP) is 3.40. The zero-order chi connectivity index (χ0) is 20.1. The number of amides is 1. The number of carbonyl (C=O) groups is 1. The molecule has 0 bridgehead atoms. The number of hydrogen-bond donors (Lipinski definition) is 1. The van der Waals surface area contributed by atoms with E-state index in [0.717, 1.165) is 25.2 Å². The van der Waals surface area contributed by atoms with Crippen LogP contribution in [0.15, 0.2) is 48.5 Å². The Balaban J connectivity index is 1.42. The molecule has 4 nitrogen and oxygen atoms in total. The summed E-state index contributed by atoms with van der Waals surface area (Å²) in [4.78, 5) is 16.2. The molecule has 1 heterocycles. The van der Waals surface area contributed by atoms with Crippen molar-refractivity contribution in [2.24, 2.45) is 0 Å². The van der Waals surface area contributed by atoms with Crippen LogP contribution in [-0.4, -0.2) is 50.1 Å². The summed E-state index contributed by atoms with van der Waals surface area (Å²) in [6, 6.07) is 10.8. The lowest BCUT2D eigenvalue weighted by molar-refractivity contribution is -0.137. The maximum atomic E-state index is 13.8. The van der Waals surface area contributed by atoms with E-state index in [1.807, 2.05) is 11.0 Å². The number of alkyl halides is 3. The van der Waals surface area contributed by atoms with E-state index in [2.05, 4.69) is 10.2 Å².